The molecular weight excluding hydrogens is 450 g/mol. The molecule has 3 heterocycles. The number of hydrogen-bond donors (Lipinski definition) is 0. The van der Waals surface area contributed by atoms with Crippen LogP contribution in [0.3, 0.4) is 0 Å². The molecule has 2 atom stereocenters. The molecule has 11 heteroatoms. The van der Waals surface area contributed by atoms with E-state index in [1.807, 2.05) is 6.92 Å². The summed E-state index contributed by atoms with van der Waals surface area (Å²) in [5.74, 6) is -3.31. The number of ether oxygens (including phenoxy) is 4. The fourth-order valence-electron chi connectivity index (χ4n) is 4.16. The summed E-state index contributed by atoms with van der Waals surface area (Å²) < 4.78 is 51.7. The van der Waals surface area contributed by atoms with Crippen molar-refractivity contribution in [2.75, 3.05) is 26.3 Å². The first-order valence-electron chi connectivity index (χ1n) is 10.9. The van der Waals surface area contributed by atoms with Gasteiger partial charge in [0.1, 0.15) is 18.0 Å². The lowest BCUT2D eigenvalue weighted by Crippen LogP contribution is -2.59. The number of benzene rings is 1. The summed E-state index contributed by atoms with van der Waals surface area (Å²) in [4.78, 5) is 25.0. The zero-order valence-electron chi connectivity index (χ0n) is 18.4. The molecule has 2 bridgehead atoms. The van der Waals surface area contributed by atoms with Gasteiger partial charge >= 0.3 is 6.09 Å². The minimum absolute atomic E-state index is 0.0900. The van der Waals surface area contributed by atoms with Gasteiger partial charge in [0.05, 0.1) is 19.8 Å². The second-order valence-corrected chi connectivity index (χ2v) is 8.99. The van der Waals surface area contributed by atoms with Crippen LogP contribution in [0.1, 0.15) is 19.8 Å². The van der Waals surface area contributed by atoms with Crippen molar-refractivity contribution in [2.45, 2.75) is 31.5 Å². The van der Waals surface area contributed by atoms with E-state index in [1.54, 1.807) is 4.90 Å². The van der Waals surface area contributed by atoms with Gasteiger partial charge in [-0.1, -0.05) is 6.07 Å². The first-order valence-corrected chi connectivity index (χ1v) is 10.9. The van der Waals surface area contributed by atoms with E-state index in [0.29, 0.717) is 26.3 Å². The number of likely N-dealkylation sites (tertiary alicyclic amines) is 1. The Kier molecular flexibility index (Phi) is 5.69. The highest BCUT2D eigenvalue weighted by Gasteiger charge is 2.47. The summed E-state index contributed by atoms with van der Waals surface area (Å²) in [7, 11) is 0. The Labute approximate surface area is 194 Å². The molecule has 5 rings (SSSR count). The molecule has 0 N–H and O–H groups in total. The maximum Gasteiger partial charge on any atom is 0.410 e. The molecule has 9 nitrogen and oxygen atoms in total. The van der Waals surface area contributed by atoms with Gasteiger partial charge in [0, 0.05) is 24.9 Å². The molecule has 2 unspecified atom stereocenters. The number of amides is 1. The van der Waals surface area contributed by atoms with Gasteiger partial charge in [-0.15, -0.1) is 0 Å². The molecular formula is C23H22F2N4O5. The van der Waals surface area contributed by atoms with E-state index in [4.69, 9.17) is 25.5 Å². The normalized spacial score (nSPS) is 24.6. The molecule has 2 saturated heterocycles. The van der Waals surface area contributed by atoms with Gasteiger partial charge in [-0.2, -0.15) is 14.4 Å². The van der Waals surface area contributed by atoms with Crippen LogP contribution >= 0.6 is 0 Å². The number of halogens is 2. The van der Waals surface area contributed by atoms with Crippen LogP contribution in [0.15, 0.2) is 24.5 Å². The monoisotopic (exact) mass is 472 g/mol. The van der Waals surface area contributed by atoms with E-state index in [0.717, 1.165) is 25.2 Å². The summed E-state index contributed by atoms with van der Waals surface area (Å²) in [6.07, 6.45) is 1.99. The topological polar surface area (TPSA) is 87.4 Å². The van der Waals surface area contributed by atoms with Gasteiger partial charge in [0.25, 0.3) is 11.8 Å². The van der Waals surface area contributed by atoms with Crippen LogP contribution < -0.4 is 9.47 Å². The van der Waals surface area contributed by atoms with E-state index in [-0.39, 0.29) is 40.8 Å². The van der Waals surface area contributed by atoms with Crippen LogP contribution in [0.2, 0.25) is 0 Å². The van der Waals surface area contributed by atoms with Gasteiger partial charge in [-0.3, -0.25) is 0 Å². The summed E-state index contributed by atoms with van der Waals surface area (Å²) in [6.45, 7) is 10.2. The predicted molar refractivity (Wildman–Crippen MR) is 113 cm³/mol. The fourth-order valence-corrected chi connectivity index (χ4v) is 4.16. The lowest BCUT2D eigenvalue weighted by Gasteiger charge is -2.45. The highest BCUT2D eigenvalue weighted by Crippen LogP contribution is 2.40. The number of carbonyl (C=O) groups is 1. The minimum atomic E-state index is -0.973. The van der Waals surface area contributed by atoms with Crippen molar-refractivity contribution in [3.05, 3.63) is 47.6 Å². The second-order valence-electron chi connectivity index (χ2n) is 8.99. The molecule has 0 spiro atoms. The van der Waals surface area contributed by atoms with Crippen LogP contribution in [-0.4, -0.2) is 59.0 Å². The SMILES string of the molecule is [C-]#[N+]c1ccc(Oc2ncnc(OC3C4COCC3CN(C(=O)OC3(C)CC3)C4)c2F)c(F)c1. The quantitative estimate of drug-likeness (QED) is 0.605. The third-order valence-electron chi connectivity index (χ3n) is 6.27. The Balaban J connectivity index is 1.30. The molecule has 1 aromatic heterocycles. The number of aromatic nitrogens is 2. The Morgan fingerprint density at radius 1 is 1.21 bits per heavy atom. The molecule has 2 aliphatic heterocycles. The predicted octanol–water partition coefficient (Wildman–Crippen LogP) is 4.11. The van der Waals surface area contributed by atoms with Gasteiger partial charge in [0.15, 0.2) is 17.3 Å². The second kappa shape index (κ2) is 8.68. The first kappa shape index (κ1) is 22.3. The minimum Gasteiger partial charge on any atom is -0.471 e. The van der Waals surface area contributed by atoms with Crippen molar-refractivity contribution in [2.24, 2.45) is 11.8 Å². The zero-order valence-corrected chi connectivity index (χ0v) is 18.4. The van der Waals surface area contributed by atoms with E-state index >= 15 is 4.39 Å². The number of hydrogen-bond acceptors (Lipinski definition) is 7. The maximum absolute atomic E-state index is 15.1. The van der Waals surface area contributed by atoms with Gasteiger partial charge < -0.3 is 23.8 Å². The van der Waals surface area contributed by atoms with Gasteiger partial charge in [-0.25, -0.2) is 14.0 Å². The highest BCUT2D eigenvalue weighted by atomic mass is 19.1. The van der Waals surface area contributed by atoms with Crippen molar-refractivity contribution in [1.82, 2.24) is 14.9 Å². The lowest BCUT2D eigenvalue weighted by atomic mass is 9.84. The van der Waals surface area contributed by atoms with E-state index < -0.39 is 23.6 Å². The molecule has 1 saturated carbocycles. The number of nitrogens with zero attached hydrogens (tertiary/aromatic N) is 4. The van der Waals surface area contributed by atoms with Crippen molar-refractivity contribution >= 4 is 11.8 Å². The molecule has 34 heavy (non-hydrogen) atoms. The summed E-state index contributed by atoms with van der Waals surface area (Å²) >= 11 is 0. The fraction of sp³-hybridized carbons (Fsp3) is 0.478. The van der Waals surface area contributed by atoms with Crippen molar-refractivity contribution in [3.8, 4) is 17.5 Å². The van der Waals surface area contributed by atoms with E-state index in [2.05, 4.69) is 14.8 Å². The Morgan fingerprint density at radius 3 is 2.56 bits per heavy atom. The Bertz CT molecular complexity index is 1140. The third-order valence-corrected chi connectivity index (χ3v) is 6.27. The molecule has 1 aromatic carbocycles. The molecule has 2 aromatic rings. The Morgan fingerprint density at radius 2 is 1.91 bits per heavy atom. The average molecular weight is 472 g/mol. The standard InChI is InChI=1S/C23H22F2N4O5/c1-23(5-6-23)34-22(30)29-8-13-10-31-11-14(9-29)19(13)33-21-18(25)20(27-12-28-21)32-17-4-3-15(26-2)7-16(17)24/h3-4,7,12-14,19H,5-6,8-11H2,1H3. The van der Waals surface area contributed by atoms with Crippen molar-refractivity contribution in [3.63, 3.8) is 0 Å². The molecule has 178 valence electrons. The van der Waals surface area contributed by atoms with Crippen LogP contribution in [0.25, 0.3) is 4.85 Å². The number of piperidine rings is 1. The van der Waals surface area contributed by atoms with Crippen molar-refractivity contribution in [1.29, 1.82) is 0 Å². The lowest BCUT2D eigenvalue weighted by molar-refractivity contribution is -0.112. The summed E-state index contributed by atoms with van der Waals surface area (Å²) in [6, 6.07) is 3.57. The average Bonchev–Trinajstić information content (AvgIpc) is 3.53. The smallest absolute Gasteiger partial charge is 0.410 e. The van der Waals surface area contributed by atoms with Crippen LogP contribution in [0, 0.1) is 30.0 Å². The molecule has 3 aliphatic rings. The number of carbonyl (C=O) groups excluding carboxylic acids is 1. The van der Waals surface area contributed by atoms with E-state index in [1.165, 1.54) is 12.1 Å². The summed E-state index contributed by atoms with van der Waals surface area (Å²) in [5.41, 5.74) is -0.279. The molecule has 1 amide bonds. The molecule has 1 aliphatic carbocycles. The van der Waals surface area contributed by atoms with Crippen LogP contribution in [0.4, 0.5) is 19.3 Å². The number of rotatable bonds is 5. The molecule has 0 radical (unpaired) electrons. The Hall–Kier alpha value is -3.52. The maximum atomic E-state index is 15.1. The van der Waals surface area contributed by atoms with Crippen LogP contribution in [0.5, 0.6) is 17.5 Å². The molecule has 3 fully saturated rings. The number of fused-ring (bicyclic) bond motifs is 2. The highest BCUT2D eigenvalue weighted by molar-refractivity contribution is 5.68. The van der Waals surface area contributed by atoms with E-state index in [9.17, 15) is 9.18 Å². The third kappa shape index (κ3) is 4.46. The van der Waals surface area contributed by atoms with Crippen molar-refractivity contribution < 1.29 is 32.5 Å². The zero-order chi connectivity index (χ0) is 23.9. The van der Waals surface area contributed by atoms with Gasteiger partial charge in [-0.05, 0) is 31.9 Å². The largest absolute Gasteiger partial charge is 0.471 e. The van der Waals surface area contributed by atoms with Gasteiger partial charge in [0.2, 0.25) is 5.82 Å². The first-order chi connectivity index (χ1) is 16.3. The van der Waals surface area contributed by atoms with Crippen LogP contribution in [-0.2, 0) is 9.47 Å². The summed E-state index contributed by atoms with van der Waals surface area (Å²) in [5, 5.41) is 0.